The quantitative estimate of drug-likeness (QED) is 0.666. The van der Waals surface area contributed by atoms with E-state index in [2.05, 4.69) is 28.6 Å². The van der Waals surface area contributed by atoms with E-state index in [1.54, 1.807) is 36.5 Å². The molecule has 0 spiro atoms. The van der Waals surface area contributed by atoms with Gasteiger partial charge in [0.25, 0.3) is 5.91 Å². The minimum atomic E-state index is -0.262. The fraction of sp³-hybridized carbons (Fsp3) is 0.100. The first-order valence-electron chi connectivity index (χ1n) is 7.89. The highest BCUT2D eigenvalue weighted by atomic mass is 35.5. The Balaban J connectivity index is 1.70. The molecule has 0 atom stereocenters. The van der Waals surface area contributed by atoms with Crippen LogP contribution in [0.15, 0.2) is 60.8 Å². The number of amides is 1. The molecule has 0 aliphatic carbocycles. The van der Waals surface area contributed by atoms with Crippen LogP contribution in [0, 0.1) is 13.8 Å². The van der Waals surface area contributed by atoms with Crippen molar-refractivity contribution in [1.29, 1.82) is 0 Å². The maximum absolute atomic E-state index is 12.2. The largest absolute Gasteiger partial charge is 0.340 e. The topological polar surface area (TPSA) is 54.0 Å². The van der Waals surface area contributed by atoms with Crippen molar-refractivity contribution >= 4 is 34.7 Å². The van der Waals surface area contributed by atoms with Crippen LogP contribution in [0.1, 0.15) is 21.5 Å². The van der Waals surface area contributed by atoms with Gasteiger partial charge in [0, 0.05) is 5.69 Å². The number of aromatic nitrogens is 1. The summed E-state index contributed by atoms with van der Waals surface area (Å²) in [6.07, 6.45) is 1.61. The van der Waals surface area contributed by atoms with Crippen molar-refractivity contribution in [2.75, 3.05) is 10.6 Å². The number of anilines is 3. The number of halogens is 1. The number of aryl methyl sites for hydroxylation is 2. The van der Waals surface area contributed by atoms with Crippen molar-refractivity contribution in [2.24, 2.45) is 0 Å². The van der Waals surface area contributed by atoms with Gasteiger partial charge in [-0.15, -0.1) is 0 Å². The highest BCUT2D eigenvalue weighted by Crippen LogP contribution is 2.22. The Hall–Kier alpha value is -2.85. The summed E-state index contributed by atoms with van der Waals surface area (Å²) in [4.78, 5) is 16.6. The first-order valence-corrected chi connectivity index (χ1v) is 8.27. The smallest absolute Gasteiger partial charge is 0.257 e. The second kappa shape index (κ2) is 7.36. The Labute approximate surface area is 151 Å². The molecule has 0 unspecified atom stereocenters. The maximum atomic E-state index is 12.2. The summed E-state index contributed by atoms with van der Waals surface area (Å²) in [6.45, 7) is 4.11. The van der Waals surface area contributed by atoms with Crippen LogP contribution in [-0.2, 0) is 0 Å². The summed E-state index contributed by atoms with van der Waals surface area (Å²) >= 11 is 6.04. The minimum Gasteiger partial charge on any atom is -0.340 e. The molecular formula is C20H18ClN3O. The number of nitrogens with one attached hydrogen (secondary N) is 2. The van der Waals surface area contributed by atoms with E-state index in [0.29, 0.717) is 22.1 Å². The molecule has 0 radical (unpaired) electrons. The van der Waals surface area contributed by atoms with Gasteiger partial charge in [0.05, 0.1) is 22.5 Å². The minimum absolute atomic E-state index is 0.262. The molecule has 0 aliphatic heterocycles. The van der Waals surface area contributed by atoms with Crippen molar-refractivity contribution < 1.29 is 4.79 Å². The molecule has 126 valence electrons. The second-order valence-electron chi connectivity index (χ2n) is 5.81. The molecule has 2 N–H and O–H groups in total. The third-order valence-corrected chi connectivity index (χ3v) is 4.11. The molecule has 2 aromatic carbocycles. The van der Waals surface area contributed by atoms with Gasteiger partial charge in [0.1, 0.15) is 5.82 Å². The number of pyridine rings is 1. The molecule has 4 nitrogen and oxygen atoms in total. The zero-order valence-corrected chi connectivity index (χ0v) is 14.8. The average Bonchev–Trinajstić information content (AvgIpc) is 2.59. The Morgan fingerprint density at radius 3 is 2.52 bits per heavy atom. The van der Waals surface area contributed by atoms with E-state index in [4.69, 9.17) is 11.6 Å². The lowest BCUT2D eigenvalue weighted by molar-refractivity contribution is 0.102. The van der Waals surface area contributed by atoms with Crippen molar-refractivity contribution in [2.45, 2.75) is 13.8 Å². The van der Waals surface area contributed by atoms with Gasteiger partial charge in [-0.25, -0.2) is 4.98 Å². The maximum Gasteiger partial charge on any atom is 0.257 e. The first kappa shape index (κ1) is 17.0. The van der Waals surface area contributed by atoms with Crippen LogP contribution in [0.4, 0.5) is 17.2 Å². The van der Waals surface area contributed by atoms with Gasteiger partial charge in [-0.1, -0.05) is 41.4 Å². The van der Waals surface area contributed by atoms with Crippen LogP contribution < -0.4 is 10.6 Å². The molecule has 25 heavy (non-hydrogen) atoms. The number of carbonyl (C=O) groups is 1. The van der Waals surface area contributed by atoms with Crippen LogP contribution >= 0.6 is 11.6 Å². The van der Waals surface area contributed by atoms with Crippen LogP contribution in [0.25, 0.3) is 0 Å². The zero-order valence-electron chi connectivity index (χ0n) is 14.0. The fourth-order valence-corrected chi connectivity index (χ4v) is 2.70. The molecule has 0 fully saturated rings. The summed E-state index contributed by atoms with van der Waals surface area (Å²) in [5.41, 5.74) is 4.41. The molecule has 1 amide bonds. The van der Waals surface area contributed by atoms with Gasteiger partial charge < -0.3 is 10.6 Å². The van der Waals surface area contributed by atoms with Gasteiger partial charge in [0.15, 0.2) is 0 Å². The van der Waals surface area contributed by atoms with E-state index in [1.807, 2.05) is 25.1 Å². The molecule has 3 aromatic rings. The monoisotopic (exact) mass is 351 g/mol. The van der Waals surface area contributed by atoms with Gasteiger partial charge in [-0.2, -0.15) is 0 Å². The van der Waals surface area contributed by atoms with Crippen LogP contribution in [0.3, 0.4) is 0 Å². The highest BCUT2D eigenvalue weighted by Gasteiger charge is 2.10. The normalized spacial score (nSPS) is 10.4. The lowest BCUT2D eigenvalue weighted by atomic mass is 10.1. The number of rotatable bonds is 4. The predicted octanol–water partition coefficient (Wildman–Crippen LogP) is 5.35. The van der Waals surface area contributed by atoms with Gasteiger partial charge in [0.2, 0.25) is 0 Å². The number of carbonyl (C=O) groups excluding carboxylic acids is 1. The van der Waals surface area contributed by atoms with E-state index in [9.17, 15) is 4.79 Å². The number of hydrogen-bond donors (Lipinski definition) is 2. The van der Waals surface area contributed by atoms with Crippen molar-refractivity contribution in [1.82, 2.24) is 4.98 Å². The summed E-state index contributed by atoms with van der Waals surface area (Å²) < 4.78 is 0. The Kier molecular flexibility index (Phi) is 5.00. The highest BCUT2D eigenvalue weighted by molar-refractivity contribution is 6.34. The molecule has 3 rings (SSSR count). The Bertz CT molecular complexity index is 907. The molecule has 0 bridgehead atoms. The number of hydrogen-bond acceptors (Lipinski definition) is 3. The Morgan fingerprint density at radius 2 is 1.84 bits per heavy atom. The average molecular weight is 352 g/mol. The zero-order chi connectivity index (χ0) is 17.8. The lowest BCUT2D eigenvalue weighted by Crippen LogP contribution is -2.12. The number of nitrogens with zero attached hydrogens (tertiary/aromatic N) is 1. The summed E-state index contributed by atoms with van der Waals surface area (Å²) in [7, 11) is 0. The second-order valence-corrected chi connectivity index (χ2v) is 6.22. The van der Waals surface area contributed by atoms with Crippen molar-refractivity contribution in [3.05, 3.63) is 82.5 Å². The van der Waals surface area contributed by atoms with Gasteiger partial charge in [-0.3, -0.25) is 4.79 Å². The molecular weight excluding hydrogens is 334 g/mol. The van der Waals surface area contributed by atoms with E-state index >= 15 is 0 Å². The van der Waals surface area contributed by atoms with E-state index < -0.39 is 0 Å². The standard InChI is InChI=1S/C20H18ClN3O/c1-13-7-9-18(14(2)11-13)24-19-10-8-15(12-22-19)23-20(25)16-5-3-4-6-17(16)21/h3-12H,1-2H3,(H,22,24)(H,23,25). The lowest BCUT2D eigenvalue weighted by Gasteiger charge is -2.11. The van der Waals surface area contributed by atoms with Crippen LogP contribution in [0.5, 0.6) is 0 Å². The van der Waals surface area contributed by atoms with Crippen molar-refractivity contribution in [3.8, 4) is 0 Å². The third-order valence-electron chi connectivity index (χ3n) is 3.78. The van der Waals surface area contributed by atoms with Crippen molar-refractivity contribution in [3.63, 3.8) is 0 Å². The molecule has 0 saturated heterocycles. The van der Waals surface area contributed by atoms with Crippen LogP contribution in [-0.4, -0.2) is 10.9 Å². The first-order chi connectivity index (χ1) is 12.0. The SMILES string of the molecule is Cc1ccc(Nc2ccc(NC(=O)c3ccccc3Cl)cn2)c(C)c1. The van der Waals surface area contributed by atoms with Gasteiger partial charge in [-0.05, 0) is 49.7 Å². The molecule has 5 heteroatoms. The summed E-state index contributed by atoms with van der Waals surface area (Å²) in [5.74, 6) is 0.449. The van der Waals surface area contributed by atoms with E-state index in [1.165, 1.54) is 5.56 Å². The van der Waals surface area contributed by atoms with Crippen LogP contribution in [0.2, 0.25) is 5.02 Å². The Morgan fingerprint density at radius 1 is 1.04 bits per heavy atom. The molecule has 0 saturated carbocycles. The molecule has 1 heterocycles. The summed E-state index contributed by atoms with van der Waals surface area (Å²) in [5, 5.41) is 6.49. The molecule has 1 aromatic heterocycles. The predicted molar refractivity (Wildman–Crippen MR) is 103 cm³/mol. The summed E-state index contributed by atoms with van der Waals surface area (Å²) in [6, 6.07) is 16.7. The number of benzene rings is 2. The van der Waals surface area contributed by atoms with E-state index in [-0.39, 0.29) is 5.91 Å². The fourth-order valence-electron chi connectivity index (χ4n) is 2.48. The van der Waals surface area contributed by atoms with Gasteiger partial charge >= 0.3 is 0 Å². The third kappa shape index (κ3) is 4.17. The van der Waals surface area contributed by atoms with E-state index in [0.717, 1.165) is 11.3 Å². The molecule has 0 aliphatic rings.